The van der Waals surface area contributed by atoms with E-state index in [1.54, 1.807) is 17.8 Å². The number of carbonyl (C=O) groups is 2. The van der Waals surface area contributed by atoms with Crippen molar-refractivity contribution in [3.05, 3.63) is 23.3 Å². The summed E-state index contributed by atoms with van der Waals surface area (Å²) in [6, 6.07) is 3.27. The Morgan fingerprint density at radius 2 is 2.18 bits per heavy atom. The number of ketones is 1. The van der Waals surface area contributed by atoms with Crippen LogP contribution in [0.15, 0.2) is 17.0 Å². The second kappa shape index (κ2) is 4.79. The van der Waals surface area contributed by atoms with Crippen molar-refractivity contribution in [3.63, 3.8) is 0 Å². The molecule has 2 rings (SSSR count). The van der Waals surface area contributed by atoms with Gasteiger partial charge in [-0.2, -0.15) is 0 Å². The summed E-state index contributed by atoms with van der Waals surface area (Å²) in [6.45, 7) is 2.04. The van der Waals surface area contributed by atoms with Crippen LogP contribution in [0.1, 0.15) is 34.1 Å². The van der Waals surface area contributed by atoms with Crippen LogP contribution in [0.5, 0.6) is 5.75 Å². The molecule has 2 N–H and O–H groups in total. The van der Waals surface area contributed by atoms with Crippen LogP contribution in [0.2, 0.25) is 0 Å². The van der Waals surface area contributed by atoms with Crippen molar-refractivity contribution < 1.29 is 14.3 Å². The second-order valence-electron chi connectivity index (χ2n) is 3.82. The molecular formula is C12H13NO3S. The minimum Gasteiger partial charge on any atom is -0.492 e. The number of hydrogen-bond donors (Lipinski definition) is 1. The maximum Gasteiger partial charge on any atom is 0.252 e. The van der Waals surface area contributed by atoms with Gasteiger partial charge in [-0.15, -0.1) is 11.8 Å². The highest BCUT2D eigenvalue weighted by atomic mass is 32.2. The number of carbonyl (C=O) groups excluding carboxylic acids is 2. The Hall–Kier alpha value is -1.49. The lowest BCUT2D eigenvalue weighted by Gasteiger charge is -2.11. The van der Waals surface area contributed by atoms with Crippen molar-refractivity contribution in [2.75, 3.05) is 12.4 Å². The molecule has 0 radical (unpaired) electrons. The first kappa shape index (κ1) is 12.0. The fourth-order valence-electron chi connectivity index (χ4n) is 1.66. The third-order valence-corrected chi connectivity index (χ3v) is 3.63. The molecule has 0 saturated heterocycles. The number of Topliss-reactive ketones (excluding diaryl/α,β-unsaturated/α-hetero) is 1. The Morgan fingerprint density at radius 3 is 2.82 bits per heavy atom. The molecule has 0 atom stereocenters. The van der Waals surface area contributed by atoms with E-state index in [4.69, 9.17) is 10.5 Å². The quantitative estimate of drug-likeness (QED) is 0.814. The van der Waals surface area contributed by atoms with Crippen LogP contribution >= 0.6 is 11.8 Å². The van der Waals surface area contributed by atoms with Crippen LogP contribution in [0.25, 0.3) is 0 Å². The Morgan fingerprint density at radius 1 is 1.41 bits per heavy atom. The molecule has 1 amide bonds. The Labute approximate surface area is 104 Å². The molecule has 1 aliphatic rings. The summed E-state index contributed by atoms with van der Waals surface area (Å²) in [4.78, 5) is 23.6. The van der Waals surface area contributed by atoms with E-state index in [0.717, 1.165) is 17.1 Å². The third kappa shape index (κ3) is 2.44. The first-order valence-corrected chi connectivity index (χ1v) is 6.32. The van der Waals surface area contributed by atoms with Crippen molar-refractivity contribution in [2.45, 2.75) is 18.2 Å². The zero-order valence-corrected chi connectivity index (χ0v) is 10.3. The Balaban J connectivity index is 2.59. The SMILES string of the molecule is CC(=O)c1cc2c(c(C(N)=O)c1)OCCCS2. The van der Waals surface area contributed by atoms with E-state index in [1.165, 1.54) is 13.0 Å². The molecule has 1 aliphatic heterocycles. The van der Waals surface area contributed by atoms with Crippen LogP contribution in [0.4, 0.5) is 0 Å². The van der Waals surface area contributed by atoms with E-state index in [2.05, 4.69) is 0 Å². The van der Waals surface area contributed by atoms with Gasteiger partial charge in [0, 0.05) is 11.3 Å². The molecule has 0 fully saturated rings. The highest BCUT2D eigenvalue weighted by molar-refractivity contribution is 7.99. The van der Waals surface area contributed by atoms with Gasteiger partial charge < -0.3 is 10.5 Å². The molecular weight excluding hydrogens is 238 g/mol. The van der Waals surface area contributed by atoms with E-state index in [-0.39, 0.29) is 5.78 Å². The second-order valence-corrected chi connectivity index (χ2v) is 4.96. The van der Waals surface area contributed by atoms with Crippen molar-refractivity contribution in [1.82, 2.24) is 0 Å². The largest absolute Gasteiger partial charge is 0.492 e. The molecule has 0 aromatic heterocycles. The number of hydrogen-bond acceptors (Lipinski definition) is 4. The smallest absolute Gasteiger partial charge is 0.252 e. The number of rotatable bonds is 2. The van der Waals surface area contributed by atoms with E-state index in [0.29, 0.717) is 23.5 Å². The number of fused-ring (bicyclic) bond motifs is 1. The molecule has 0 aliphatic carbocycles. The van der Waals surface area contributed by atoms with Crippen LogP contribution in [-0.2, 0) is 0 Å². The van der Waals surface area contributed by atoms with Gasteiger partial charge in [0.05, 0.1) is 17.1 Å². The lowest BCUT2D eigenvalue weighted by Crippen LogP contribution is -2.14. The summed E-state index contributed by atoms with van der Waals surface area (Å²) in [5.74, 6) is 0.782. The standard InChI is InChI=1S/C12H13NO3S/c1-7(14)8-5-9(12(13)15)11-10(6-8)17-4-2-3-16-11/h5-6H,2-4H2,1H3,(H2,13,15). The van der Waals surface area contributed by atoms with Crippen molar-refractivity contribution >= 4 is 23.5 Å². The number of thioether (sulfide) groups is 1. The highest BCUT2D eigenvalue weighted by Gasteiger charge is 2.19. The van der Waals surface area contributed by atoms with E-state index < -0.39 is 5.91 Å². The maximum absolute atomic E-state index is 11.4. The third-order valence-electron chi connectivity index (χ3n) is 2.52. The zero-order valence-electron chi connectivity index (χ0n) is 9.49. The molecule has 0 spiro atoms. The molecule has 4 nitrogen and oxygen atoms in total. The average Bonchev–Trinajstić information content (AvgIpc) is 2.51. The molecule has 5 heteroatoms. The molecule has 0 unspecified atom stereocenters. The molecule has 0 saturated carbocycles. The van der Waals surface area contributed by atoms with Gasteiger partial charge in [0.25, 0.3) is 5.91 Å². The molecule has 0 bridgehead atoms. The van der Waals surface area contributed by atoms with Crippen LogP contribution in [0.3, 0.4) is 0 Å². The number of ether oxygens (including phenoxy) is 1. The van der Waals surface area contributed by atoms with E-state index in [1.807, 2.05) is 0 Å². The predicted molar refractivity (Wildman–Crippen MR) is 65.8 cm³/mol. The topological polar surface area (TPSA) is 69.4 Å². The fraction of sp³-hybridized carbons (Fsp3) is 0.333. The van der Waals surface area contributed by atoms with E-state index in [9.17, 15) is 9.59 Å². The number of nitrogens with two attached hydrogens (primary N) is 1. The first-order valence-electron chi connectivity index (χ1n) is 5.34. The van der Waals surface area contributed by atoms with Crippen molar-refractivity contribution in [2.24, 2.45) is 5.73 Å². The number of amides is 1. The fourth-order valence-corrected chi connectivity index (χ4v) is 2.65. The monoisotopic (exact) mass is 251 g/mol. The number of benzene rings is 1. The summed E-state index contributed by atoms with van der Waals surface area (Å²) in [6.07, 6.45) is 0.910. The van der Waals surface area contributed by atoms with Gasteiger partial charge in [0.1, 0.15) is 5.75 Å². The van der Waals surface area contributed by atoms with Gasteiger partial charge in [-0.05, 0) is 25.5 Å². The minimum atomic E-state index is -0.563. The van der Waals surface area contributed by atoms with Crippen LogP contribution in [-0.4, -0.2) is 24.1 Å². The first-order chi connectivity index (χ1) is 8.09. The summed E-state index contributed by atoms with van der Waals surface area (Å²) in [5.41, 5.74) is 6.11. The lowest BCUT2D eigenvalue weighted by atomic mass is 10.1. The van der Waals surface area contributed by atoms with E-state index >= 15 is 0 Å². The van der Waals surface area contributed by atoms with Crippen LogP contribution < -0.4 is 10.5 Å². The van der Waals surface area contributed by atoms with Gasteiger partial charge in [-0.1, -0.05) is 0 Å². The number of primary amides is 1. The van der Waals surface area contributed by atoms with Gasteiger partial charge in [-0.25, -0.2) is 0 Å². The summed E-state index contributed by atoms with van der Waals surface area (Å²) in [5, 5.41) is 0. The van der Waals surface area contributed by atoms with Crippen molar-refractivity contribution in [1.29, 1.82) is 0 Å². The summed E-state index contributed by atoms with van der Waals surface area (Å²) in [7, 11) is 0. The predicted octanol–water partition coefficient (Wildman–Crippen LogP) is 1.86. The molecule has 1 heterocycles. The van der Waals surface area contributed by atoms with Gasteiger partial charge in [-0.3, -0.25) is 9.59 Å². The highest BCUT2D eigenvalue weighted by Crippen LogP contribution is 2.36. The molecule has 1 aromatic rings. The van der Waals surface area contributed by atoms with Gasteiger partial charge in [0.15, 0.2) is 5.78 Å². The Bertz CT molecular complexity index is 485. The minimum absolute atomic E-state index is 0.0832. The molecule has 17 heavy (non-hydrogen) atoms. The summed E-state index contributed by atoms with van der Waals surface area (Å²) >= 11 is 1.59. The Kier molecular flexibility index (Phi) is 3.38. The van der Waals surface area contributed by atoms with Crippen LogP contribution in [0, 0.1) is 0 Å². The van der Waals surface area contributed by atoms with Crippen molar-refractivity contribution in [3.8, 4) is 5.75 Å². The normalized spacial score (nSPS) is 14.4. The average molecular weight is 251 g/mol. The van der Waals surface area contributed by atoms with Gasteiger partial charge in [0.2, 0.25) is 0 Å². The summed E-state index contributed by atoms with van der Waals surface area (Å²) < 4.78 is 5.54. The molecule has 1 aromatic carbocycles. The van der Waals surface area contributed by atoms with Gasteiger partial charge >= 0.3 is 0 Å². The maximum atomic E-state index is 11.4. The zero-order chi connectivity index (χ0) is 12.4. The molecule has 90 valence electrons. The lowest BCUT2D eigenvalue weighted by molar-refractivity contribution is 0.0996.